The van der Waals surface area contributed by atoms with E-state index >= 15 is 0 Å². The Kier molecular flexibility index (Phi) is 9.54. The first kappa shape index (κ1) is 16.4. The molecule has 0 saturated carbocycles. The molecule has 7 heteroatoms. The summed E-state index contributed by atoms with van der Waals surface area (Å²) in [5.74, 6) is -1.00. The number of carbonyl (C=O) groups is 2. The van der Waals surface area contributed by atoms with Crippen LogP contribution in [-0.4, -0.2) is 52.0 Å². The number of amides is 1. The summed E-state index contributed by atoms with van der Waals surface area (Å²) in [5, 5.41) is 10.9. The lowest BCUT2D eigenvalue weighted by Crippen LogP contribution is -2.43. The average molecular weight is 258 g/mol. The van der Waals surface area contributed by atoms with E-state index in [-0.39, 0.29) is 19.4 Å². The Labute approximate surface area is 106 Å². The van der Waals surface area contributed by atoms with Crippen molar-refractivity contribution in [3.63, 3.8) is 0 Å². The van der Waals surface area contributed by atoms with Gasteiger partial charge in [0, 0.05) is 13.5 Å². The third-order valence-corrected chi connectivity index (χ3v) is 2.03. The Morgan fingerprint density at radius 2 is 2.06 bits per heavy atom. The Morgan fingerprint density at radius 3 is 2.61 bits per heavy atom. The van der Waals surface area contributed by atoms with Gasteiger partial charge in [-0.25, -0.2) is 4.79 Å². The molecule has 0 saturated heterocycles. The van der Waals surface area contributed by atoms with E-state index in [0.29, 0.717) is 13.2 Å². The second-order valence-electron chi connectivity index (χ2n) is 3.39. The third kappa shape index (κ3) is 7.60. The second-order valence-corrected chi connectivity index (χ2v) is 3.39. The fourth-order valence-electron chi connectivity index (χ4n) is 1.14. The molecule has 0 spiro atoms. The zero-order chi connectivity index (χ0) is 13.8. The van der Waals surface area contributed by atoms with Gasteiger partial charge in [-0.05, 0) is 6.42 Å². The lowest BCUT2D eigenvalue weighted by atomic mass is 10.1. The first-order chi connectivity index (χ1) is 8.65. The molecule has 0 aromatic rings. The summed E-state index contributed by atoms with van der Waals surface area (Å²) < 4.78 is 14.3. The summed E-state index contributed by atoms with van der Waals surface area (Å²) in [7, 11) is 2.75. The highest BCUT2D eigenvalue weighted by molar-refractivity contribution is 5.85. The van der Waals surface area contributed by atoms with Gasteiger partial charge in [-0.2, -0.15) is 5.26 Å². The maximum atomic E-state index is 11.4. The molecule has 0 fully saturated rings. The van der Waals surface area contributed by atoms with Gasteiger partial charge in [0.15, 0.2) is 0 Å². The zero-order valence-electron chi connectivity index (χ0n) is 10.6. The van der Waals surface area contributed by atoms with Gasteiger partial charge in [-0.3, -0.25) is 4.79 Å². The average Bonchev–Trinajstić information content (AvgIpc) is 2.38. The molecule has 18 heavy (non-hydrogen) atoms. The van der Waals surface area contributed by atoms with Gasteiger partial charge >= 0.3 is 5.97 Å². The van der Waals surface area contributed by atoms with Crippen LogP contribution in [-0.2, 0) is 23.8 Å². The summed E-state index contributed by atoms with van der Waals surface area (Å²) >= 11 is 0. The van der Waals surface area contributed by atoms with Crippen LogP contribution in [0.5, 0.6) is 0 Å². The molecule has 0 bridgehead atoms. The van der Waals surface area contributed by atoms with Crippen molar-refractivity contribution in [3.8, 4) is 6.07 Å². The molecule has 0 aliphatic heterocycles. The lowest BCUT2D eigenvalue weighted by Gasteiger charge is -2.15. The van der Waals surface area contributed by atoms with Crippen LogP contribution in [0.1, 0.15) is 12.8 Å². The van der Waals surface area contributed by atoms with Crippen LogP contribution < -0.4 is 5.32 Å². The number of nitriles is 1. The SMILES string of the molecule is COCCOCC(=O)N[C@@H](CCC#N)C(=O)OC. The number of hydrogen-bond acceptors (Lipinski definition) is 6. The van der Waals surface area contributed by atoms with E-state index in [1.807, 2.05) is 6.07 Å². The molecular formula is C11H18N2O5. The fraction of sp³-hybridized carbons (Fsp3) is 0.727. The normalized spacial score (nSPS) is 11.4. The van der Waals surface area contributed by atoms with E-state index in [1.54, 1.807) is 0 Å². The quantitative estimate of drug-likeness (QED) is 0.447. The molecule has 1 amide bonds. The number of ether oxygens (including phenoxy) is 3. The van der Waals surface area contributed by atoms with E-state index in [0.717, 1.165) is 0 Å². The van der Waals surface area contributed by atoms with E-state index in [9.17, 15) is 9.59 Å². The predicted molar refractivity (Wildman–Crippen MR) is 61.5 cm³/mol. The fourth-order valence-corrected chi connectivity index (χ4v) is 1.14. The van der Waals surface area contributed by atoms with Crippen LogP contribution in [0.2, 0.25) is 0 Å². The molecule has 0 rings (SSSR count). The molecule has 102 valence electrons. The molecule has 1 N–H and O–H groups in total. The molecule has 0 aromatic heterocycles. The maximum absolute atomic E-state index is 11.4. The lowest BCUT2D eigenvalue weighted by molar-refractivity contribution is -0.145. The van der Waals surface area contributed by atoms with Gasteiger partial charge in [0.05, 0.1) is 26.4 Å². The Morgan fingerprint density at radius 1 is 1.33 bits per heavy atom. The number of nitrogens with one attached hydrogen (secondary N) is 1. The summed E-state index contributed by atoms with van der Waals surface area (Å²) in [6.45, 7) is 0.524. The molecular weight excluding hydrogens is 240 g/mol. The Hall–Kier alpha value is -1.65. The van der Waals surface area contributed by atoms with Crippen LogP contribution in [0.25, 0.3) is 0 Å². The summed E-state index contributed by atoms with van der Waals surface area (Å²) in [6, 6.07) is 1.09. The topological polar surface area (TPSA) is 97.6 Å². The molecule has 0 aromatic carbocycles. The van der Waals surface area contributed by atoms with Crippen LogP contribution in [0.4, 0.5) is 0 Å². The maximum Gasteiger partial charge on any atom is 0.328 e. The van der Waals surface area contributed by atoms with Crippen molar-refractivity contribution in [2.24, 2.45) is 0 Å². The van der Waals surface area contributed by atoms with Gasteiger partial charge in [0.1, 0.15) is 12.6 Å². The number of esters is 1. The van der Waals surface area contributed by atoms with Gasteiger partial charge in [-0.1, -0.05) is 0 Å². The molecule has 0 heterocycles. The van der Waals surface area contributed by atoms with Crippen molar-refractivity contribution in [2.75, 3.05) is 34.0 Å². The highest BCUT2D eigenvalue weighted by atomic mass is 16.5. The van der Waals surface area contributed by atoms with E-state index in [1.165, 1.54) is 14.2 Å². The minimum Gasteiger partial charge on any atom is -0.467 e. The molecule has 0 unspecified atom stereocenters. The van der Waals surface area contributed by atoms with E-state index in [4.69, 9.17) is 14.7 Å². The van der Waals surface area contributed by atoms with Crippen LogP contribution in [0, 0.1) is 11.3 Å². The minimum atomic E-state index is -0.812. The summed E-state index contributed by atoms with van der Waals surface area (Å²) in [4.78, 5) is 22.8. The van der Waals surface area contributed by atoms with Crippen LogP contribution in [0.15, 0.2) is 0 Å². The first-order valence-electron chi connectivity index (χ1n) is 5.46. The summed E-state index contributed by atoms with van der Waals surface area (Å²) in [6.07, 6.45) is 0.373. The first-order valence-corrected chi connectivity index (χ1v) is 5.46. The number of hydrogen-bond donors (Lipinski definition) is 1. The van der Waals surface area contributed by atoms with Crippen molar-refractivity contribution < 1.29 is 23.8 Å². The monoisotopic (exact) mass is 258 g/mol. The third-order valence-electron chi connectivity index (χ3n) is 2.03. The van der Waals surface area contributed by atoms with Gasteiger partial charge in [0.25, 0.3) is 0 Å². The Bertz CT molecular complexity index is 300. The highest BCUT2D eigenvalue weighted by Gasteiger charge is 2.20. The molecule has 0 aliphatic rings. The van der Waals surface area contributed by atoms with Crippen molar-refractivity contribution in [3.05, 3.63) is 0 Å². The van der Waals surface area contributed by atoms with Crippen molar-refractivity contribution in [1.29, 1.82) is 5.26 Å². The largest absolute Gasteiger partial charge is 0.467 e. The Balaban J connectivity index is 4.02. The minimum absolute atomic E-state index is 0.157. The van der Waals surface area contributed by atoms with Gasteiger partial charge in [-0.15, -0.1) is 0 Å². The molecule has 7 nitrogen and oxygen atoms in total. The molecule has 0 radical (unpaired) electrons. The van der Waals surface area contributed by atoms with E-state index < -0.39 is 17.9 Å². The van der Waals surface area contributed by atoms with E-state index in [2.05, 4.69) is 10.1 Å². The smallest absolute Gasteiger partial charge is 0.328 e. The van der Waals surface area contributed by atoms with Crippen molar-refractivity contribution in [2.45, 2.75) is 18.9 Å². The number of nitrogens with zero attached hydrogens (tertiary/aromatic N) is 1. The predicted octanol–water partition coefficient (Wildman–Crippen LogP) is -0.389. The van der Waals surface area contributed by atoms with Crippen molar-refractivity contribution in [1.82, 2.24) is 5.32 Å². The number of carbonyl (C=O) groups excluding carboxylic acids is 2. The molecule has 0 aliphatic carbocycles. The van der Waals surface area contributed by atoms with Crippen molar-refractivity contribution >= 4 is 11.9 Å². The second kappa shape index (κ2) is 10.5. The molecule has 1 atom stereocenters. The van der Waals surface area contributed by atoms with Crippen LogP contribution in [0.3, 0.4) is 0 Å². The van der Waals surface area contributed by atoms with Gasteiger partial charge in [0.2, 0.25) is 5.91 Å². The zero-order valence-corrected chi connectivity index (χ0v) is 10.6. The number of rotatable bonds is 9. The highest BCUT2D eigenvalue weighted by Crippen LogP contribution is 1.99. The summed E-state index contributed by atoms with van der Waals surface area (Å²) in [5.41, 5.74) is 0. The standard InChI is InChI=1S/C11H18N2O5/c1-16-6-7-18-8-10(14)13-9(4-3-5-12)11(15)17-2/h9H,3-4,6-8H2,1-2H3,(H,13,14)/t9-/m0/s1. The van der Waals surface area contributed by atoms with Crippen LogP contribution >= 0.6 is 0 Å². The van der Waals surface area contributed by atoms with Gasteiger partial charge < -0.3 is 19.5 Å². The number of methoxy groups -OCH3 is 2.